The van der Waals surface area contributed by atoms with E-state index in [4.69, 9.17) is 4.42 Å². The van der Waals surface area contributed by atoms with E-state index in [1.54, 1.807) is 4.57 Å². The van der Waals surface area contributed by atoms with Crippen LogP contribution in [0.5, 0.6) is 0 Å². The summed E-state index contributed by atoms with van der Waals surface area (Å²) in [6, 6.07) is 15.7. The predicted octanol–water partition coefficient (Wildman–Crippen LogP) is 2.63. The molecule has 3 heterocycles. The molecule has 0 bridgehead atoms. The van der Waals surface area contributed by atoms with Gasteiger partial charge in [0.15, 0.2) is 5.58 Å². The monoisotopic (exact) mass is 349 g/mol. The molecule has 5 rings (SSSR count). The summed E-state index contributed by atoms with van der Waals surface area (Å²) in [5, 5.41) is 8.51. The van der Waals surface area contributed by atoms with Crippen LogP contribution < -0.4 is 5.76 Å². The van der Waals surface area contributed by atoms with Crippen molar-refractivity contribution >= 4 is 22.1 Å². The predicted molar refractivity (Wildman–Crippen MR) is 97.8 cm³/mol. The highest BCUT2D eigenvalue weighted by Gasteiger charge is 2.25. The smallest absolute Gasteiger partial charge is 0.408 e. The van der Waals surface area contributed by atoms with Crippen LogP contribution in [-0.4, -0.2) is 37.6 Å². The van der Waals surface area contributed by atoms with E-state index in [0.29, 0.717) is 12.3 Å². The van der Waals surface area contributed by atoms with Crippen LogP contribution >= 0.6 is 0 Å². The van der Waals surface area contributed by atoms with Gasteiger partial charge in [-0.2, -0.15) is 0 Å². The molecule has 0 spiro atoms. The number of nitrogens with zero attached hydrogens (tertiary/aromatic N) is 5. The van der Waals surface area contributed by atoms with E-state index in [0.717, 1.165) is 42.5 Å². The molecule has 0 N–H and O–H groups in total. The van der Waals surface area contributed by atoms with Crippen LogP contribution in [0, 0.1) is 0 Å². The van der Waals surface area contributed by atoms with Gasteiger partial charge in [-0.1, -0.05) is 29.5 Å². The van der Waals surface area contributed by atoms with Gasteiger partial charge in [-0.15, -0.1) is 5.10 Å². The fraction of sp³-hybridized carbons (Fsp3) is 0.316. The van der Waals surface area contributed by atoms with Crippen molar-refractivity contribution in [2.24, 2.45) is 0 Å². The van der Waals surface area contributed by atoms with Gasteiger partial charge in [0, 0.05) is 13.1 Å². The lowest BCUT2D eigenvalue weighted by atomic mass is 10.1. The summed E-state index contributed by atoms with van der Waals surface area (Å²) in [7, 11) is 0. The van der Waals surface area contributed by atoms with E-state index in [-0.39, 0.29) is 11.8 Å². The van der Waals surface area contributed by atoms with Gasteiger partial charge in [0.05, 0.1) is 23.7 Å². The third-order valence-corrected chi connectivity index (χ3v) is 5.12. The zero-order valence-corrected chi connectivity index (χ0v) is 14.3. The summed E-state index contributed by atoms with van der Waals surface area (Å²) in [5.74, 6) is -0.274. The number of fused-ring (bicyclic) bond motifs is 2. The molecule has 0 radical (unpaired) electrons. The maximum Gasteiger partial charge on any atom is 0.420 e. The number of benzene rings is 2. The average Bonchev–Trinajstić information content (AvgIpc) is 3.22. The second-order valence-electron chi connectivity index (χ2n) is 6.80. The minimum atomic E-state index is -0.274. The van der Waals surface area contributed by atoms with Crippen LogP contribution in [0.15, 0.2) is 57.7 Å². The van der Waals surface area contributed by atoms with Crippen LogP contribution in [-0.2, 0) is 6.67 Å². The van der Waals surface area contributed by atoms with Gasteiger partial charge in [-0.3, -0.25) is 9.47 Å². The minimum absolute atomic E-state index is 0.106. The average molecular weight is 349 g/mol. The Bertz CT molecular complexity index is 1130. The van der Waals surface area contributed by atoms with Crippen molar-refractivity contribution in [2.75, 3.05) is 13.1 Å². The van der Waals surface area contributed by atoms with Crippen molar-refractivity contribution in [3.05, 3.63) is 59.1 Å². The Kier molecular flexibility index (Phi) is 3.60. The lowest BCUT2D eigenvalue weighted by Crippen LogP contribution is -2.39. The molecule has 0 saturated carbocycles. The largest absolute Gasteiger partial charge is 0.420 e. The number of aromatic nitrogens is 4. The van der Waals surface area contributed by atoms with Crippen molar-refractivity contribution in [1.29, 1.82) is 0 Å². The van der Waals surface area contributed by atoms with E-state index >= 15 is 0 Å². The first kappa shape index (κ1) is 15.3. The van der Waals surface area contributed by atoms with Gasteiger partial charge < -0.3 is 4.42 Å². The Morgan fingerprint density at radius 3 is 2.81 bits per heavy atom. The summed E-state index contributed by atoms with van der Waals surface area (Å²) >= 11 is 0. The summed E-state index contributed by atoms with van der Waals surface area (Å²) in [6.45, 7) is 2.44. The van der Waals surface area contributed by atoms with Crippen LogP contribution in [0.4, 0.5) is 0 Å². The molecular formula is C19H19N5O2. The molecule has 2 aromatic carbocycles. The molecule has 2 aromatic heterocycles. The third kappa shape index (κ3) is 2.52. The number of piperidine rings is 1. The second-order valence-corrected chi connectivity index (χ2v) is 6.80. The van der Waals surface area contributed by atoms with E-state index in [2.05, 4.69) is 15.2 Å². The Balaban J connectivity index is 1.43. The number of hydrogen-bond acceptors (Lipinski definition) is 5. The number of para-hydroxylation sites is 3. The molecule has 26 heavy (non-hydrogen) atoms. The quantitative estimate of drug-likeness (QED) is 0.569. The van der Waals surface area contributed by atoms with Crippen LogP contribution in [0.25, 0.3) is 22.1 Å². The molecular weight excluding hydrogens is 330 g/mol. The molecule has 1 fully saturated rings. The van der Waals surface area contributed by atoms with E-state index in [9.17, 15) is 4.79 Å². The van der Waals surface area contributed by atoms with Crippen molar-refractivity contribution in [1.82, 2.24) is 24.5 Å². The molecule has 0 amide bonds. The molecule has 1 saturated heterocycles. The molecule has 4 aromatic rings. The summed E-state index contributed by atoms with van der Waals surface area (Å²) in [6.07, 6.45) is 2.00. The first-order valence-corrected chi connectivity index (χ1v) is 8.90. The van der Waals surface area contributed by atoms with Crippen molar-refractivity contribution < 1.29 is 4.42 Å². The fourth-order valence-electron chi connectivity index (χ4n) is 3.91. The Morgan fingerprint density at radius 1 is 1.08 bits per heavy atom. The van der Waals surface area contributed by atoms with Crippen LogP contribution in [0.2, 0.25) is 0 Å². The lowest BCUT2D eigenvalue weighted by molar-refractivity contribution is 0.134. The van der Waals surface area contributed by atoms with E-state index in [1.165, 1.54) is 0 Å². The van der Waals surface area contributed by atoms with Gasteiger partial charge in [-0.25, -0.2) is 9.48 Å². The molecule has 7 nitrogen and oxygen atoms in total. The van der Waals surface area contributed by atoms with Crippen molar-refractivity contribution in [3.8, 4) is 0 Å². The summed E-state index contributed by atoms with van der Waals surface area (Å²) in [5.41, 5.74) is 3.45. The highest BCUT2D eigenvalue weighted by Crippen LogP contribution is 2.25. The van der Waals surface area contributed by atoms with Crippen molar-refractivity contribution in [3.63, 3.8) is 0 Å². The highest BCUT2D eigenvalue weighted by atomic mass is 16.4. The highest BCUT2D eigenvalue weighted by molar-refractivity contribution is 5.74. The van der Waals surface area contributed by atoms with Gasteiger partial charge >= 0.3 is 5.76 Å². The minimum Gasteiger partial charge on any atom is -0.408 e. The third-order valence-electron chi connectivity index (χ3n) is 5.12. The molecule has 0 unspecified atom stereocenters. The van der Waals surface area contributed by atoms with Gasteiger partial charge in [0.25, 0.3) is 0 Å². The Labute approximate surface area is 149 Å². The molecule has 7 heteroatoms. The zero-order valence-electron chi connectivity index (χ0n) is 14.3. The Morgan fingerprint density at radius 2 is 1.88 bits per heavy atom. The second kappa shape index (κ2) is 6.10. The number of oxazole rings is 1. The fourth-order valence-corrected chi connectivity index (χ4v) is 3.91. The first-order chi connectivity index (χ1) is 12.8. The molecule has 1 aliphatic rings. The topological polar surface area (TPSA) is 69.1 Å². The standard InChI is InChI=1S/C19H19N5O2/c25-19-24(17-9-3-4-10-18(17)26-19)14-6-5-11-22(12-14)13-23-16-8-2-1-7-15(16)20-21-23/h1-4,7-10,14H,5-6,11-13H2/t14-/m1/s1. The zero-order chi connectivity index (χ0) is 17.5. The molecule has 0 aliphatic carbocycles. The summed E-state index contributed by atoms with van der Waals surface area (Å²) < 4.78 is 9.14. The molecule has 1 atom stereocenters. The SMILES string of the molecule is O=c1oc2ccccc2n1[C@@H]1CCCN(Cn2nnc3ccccc32)C1. The van der Waals surface area contributed by atoms with Gasteiger partial charge in [0.2, 0.25) is 0 Å². The molecule has 132 valence electrons. The normalized spacial score (nSPS) is 18.7. The lowest BCUT2D eigenvalue weighted by Gasteiger charge is -2.32. The maximum absolute atomic E-state index is 12.4. The van der Waals surface area contributed by atoms with E-state index in [1.807, 2.05) is 53.2 Å². The van der Waals surface area contributed by atoms with Crippen molar-refractivity contribution in [2.45, 2.75) is 25.6 Å². The van der Waals surface area contributed by atoms with Gasteiger partial charge in [0.1, 0.15) is 5.52 Å². The maximum atomic E-state index is 12.4. The van der Waals surface area contributed by atoms with E-state index < -0.39 is 0 Å². The Hall–Kier alpha value is -2.93. The van der Waals surface area contributed by atoms with Gasteiger partial charge in [-0.05, 0) is 37.1 Å². The van der Waals surface area contributed by atoms with Crippen LogP contribution in [0.3, 0.4) is 0 Å². The summed E-state index contributed by atoms with van der Waals surface area (Å²) in [4.78, 5) is 14.7. The first-order valence-electron chi connectivity index (χ1n) is 8.90. The molecule has 1 aliphatic heterocycles. The van der Waals surface area contributed by atoms with Crippen LogP contribution in [0.1, 0.15) is 18.9 Å². The number of hydrogen-bond donors (Lipinski definition) is 0. The number of likely N-dealkylation sites (tertiary alicyclic amines) is 1. The number of rotatable bonds is 3.